The van der Waals surface area contributed by atoms with Gasteiger partial charge >= 0.3 is 0 Å². The summed E-state index contributed by atoms with van der Waals surface area (Å²) in [5.41, 5.74) is 14.5. The fraction of sp³-hybridized carbons (Fsp3) is 0. The normalized spacial score (nSPS) is 11.8. The average molecular weight is 743 g/mol. The molecular weight excluding hydrogens is 709 g/mol. The standard InChI is InChI=1S/C54H34N2O2/c1-3-14-35(15-4-1)37-28-31-42-41-18-7-10-21-47(41)56(49(42)32-37)40-33-45(54-46(34-40)43-19-8-11-23-50(43)58-54)36-26-29-39(30-27-36)55(38-16-5-2-6-17-38)48-22-13-25-52-53(48)44-20-9-12-24-51(44)57-52/h1-34H. The van der Waals surface area contributed by atoms with Crippen molar-refractivity contribution >= 4 is 82.7 Å². The van der Waals surface area contributed by atoms with Gasteiger partial charge in [0.1, 0.15) is 22.3 Å². The van der Waals surface area contributed by atoms with Crippen LogP contribution in [0.2, 0.25) is 0 Å². The quantitative estimate of drug-likeness (QED) is 0.170. The molecule has 0 saturated heterocycles. The Morgan fingerprint density at radius 1 is 0.362 bits per heavy atom. The minimum absolute atomic E-state index is 0.862. The van der Waals surface area contributed by atoms with Crippen LogP contribution in [0, 0.1) is 0 Å². The minimum Gasteiger partial charge on any atom is -0.456 e. The van der Waals surface area contributed by atoms with Crippen LogP contribution < -0.4 is 4.90 Å². The maximum atomic E-state index is 6.73. The zero-order chi connectivity index (χ0) is 38.2. The van der Waals surface area contributed by atoms with E-state index in [2.05, 4.69) is 198 Å². The van der Waals surface area contributed by atoms with Crippen molar-refractivity contribution in [2.75, 3.05) is 4.90 Å². The van der Waals surface area contributed by atoms with Crippen molar-refractivity contribution in [3.63, 3.8) is 0 Å². The molecule has 58 heavy (non-hydrogen) atoms. The molecule has 12 aromatic rings. The SMILES string of the molecule is c1ccc(-c2ccc3c4ccccc4n(-c4cc(-c5ccc(N(c6ccccc6)c6cccc7oc8ccccc8c67)cc5)c5oc6ccccc6c5c4)c3c2)cc1. The number of para-hydroxylation sites is 4. The first-order chi connectivity index (χ1) is 28.8. The maximum absolute atomic E-state index is 6.73. The third-order valence-corrected chi connectivity index (χ3v) is 11.6. The van der Waals surface area contributed by atoms with E-state index in [1.807, 2.05) is 18.2 Å². The van der Waals surface area contributed by atoms with Gasteiger partial charge in [-0.15, -0.1) is 0 Å². The van der Waals surface area contributed by atoms with Crippen LogP contribution in [0.5, 0.6) is 0 Å². The Hall–Kier alpha value is -7.82. The molecule has 0 N–H and O–H groups in total. The van der Waals surface area contributed by atoms with E-state index in [-0.39, 0.29) is 0 Å². The zero-order valence-corrected chi connectivity index (χ0v) is 31.3. The van der Waals surface area contributed by atoms with Crippen molar-refractivity contribution in [1.29, 1.82) is 0 Å². The van der Waals surface area contributed by atoms with Gasteiger partial charge in [-0.25, -0.2) is 0 Å². The van der Waals surface area contributed by atoms with Crippen LogP contribution in [-0.4, -0.2) is 4.57 Å². The van der Waals surface area contributed by atoms with Crippen molar-refractivity contribution in [3.05, 3.63) is 206 Å². The van der Waals surface area contributed by atoms with Gasteiger partial charge in [0, 0.05) is 49.6 Å². The largest absolute Gasteiger partial charge is 0.456 e. The van der Waals surface area contributed by atoms with Crippen LogP contribution in [0.15, 0.2) is 215 Å². The number of nitrogens with zero attached hydrogens (tertiary/aromatic N) is 2. The molecule has 12 rings (SSSR count). The summed E-state index contributed by atoms with van der Waals surface area (Å²) in [5, 5.41) is 6.81. The van der Waals surface area contributed by atoms with Gasteiger partial charge in [-0.05, 0) is 89.5 Å². The minimum atomic E-state index is 0.862. The predicted octanol–water partition coefficient (Wildman–Crippen LogP) is 15.4. The highest BCUT2D eigenvalue weighted by atomic mass is 16.3. The Morgan fingerprint density at radius 2 is 0.983 bits per heavy atom. The number of benzene rings is 9. The van der Waals surface area contributed by atoms with Crippen molar-refractivity contribution in [2.24, 2.45) is 0 Å². The molecule has 3 heterocycles. The molecule has 0 aliphatic carbocycles. The van der Waals surface area contributed by atoms with Crippen LogP contribution >= 0.6 is 0 Å². The number of rotatable bonds is 6. The van der Waals surface area contributed by atoms with Gasteiger partial charge in [-0.3, -0.25) is 0 Å². The van der Waals surface area contributed by atoms with Gasteiger partial charge in [0.05, 0.1) is 22.1 Å². The highest BCUT2D eigenvalue weighted by molar-refractivity contribution is 6.15. The van der Waals surface area contributed by atoms with Gasteiger partial charge in [0.25, 0.3) is 0 Å². The van der Waals surface area contributed by atoms with Crippen LogP contribution in [-0.2, 0) is 0 Å². The molecule has 0 unspecified atom stereocenters. The summed E-state index contributed by atoms with van der Waals surface area (Å²) in [4.78, 5) is 2.32. The van der Waals surface area contributed by atoms with E-state index in [9.17, 15) is 0 Å². The van der Waals surface area contributed by atoms with E-state index in [0.29, 0.717) is 0 Å². The first-order valence-electron chi connectivity index (χ1n) is 19.7. The van der Waals surface area contributed by atoms with Crippen LogP contribution in [0.25, 0.3) is 93.6 Å². The maximum Gasteiger partial charge on any atom is 0.143 e. The third-order valence-electron chi connectivity index (χ3n) is 11.6. The predicted molar refractivity (Wildman–Crippen MR) is 241 cm³/mol. The molecule has 0 atom stereocenters. The second-order valence-corrected chi connectivity index (χ2v) is 14.9. The van der Waals surface area contributed by atoms with Crippen LogP contribution in [0.3, 0.4) is 0 Å². The summed E-state index contributed by atoms with van der Waals surface area (Å²) >= 11 is 0. The molecule has 0 bridgehead atoms. The molecule has 3 aromatic heterocycles. The summed E-state index contributed by atoms with van der Waals surface area (Å²) in [6.07, 6.45) is 0. The number of furan rings is 2. The highest BCUT2D eigenvalue weighted by Gasteiger charge is 2.22. The Kier molecular flexibility index (Phi) is 7.20. The lowest BCUT2D eigenvalue weighted by Crippen LogP contribution is -2.10. The fourth-order valence-electron chi connectivity index (χ4n) is 8.95. The molecule has 0 radical (unpaired) electrons. The summed E-state index contributed by atoms with van der Waals surface area (Å²) < 4.78 is 15.5. The molecule has 0 saturated carbocycles. The van der Waals surface area contributed by atoms with E-state index < -0.39 is 0 Å². The van der Waals surface area contributed by atoms with Crippen LogP contribution in [0.4, 0.5) is 17.1 Å². The van der Waals surface area contributed by atoms with Crippen molar-refractivity contribution in [2.45, 2.75) is 0 Å². The Labute approximate surface area is 334 Å². The van der Waals surface area contributed by atoms with E-state index >= 15 is 0 Å². The van der Waals surface area contributed by atoms with Gasteiger partial charge < -0.3 is 18.3 Å². The fourth-order valence-corrected chi connectivity index (χ4v) is 8.95. The lowest BCUT2D eigenvalue weighted by Gasteiger charge is -2.26. The topological polar surface area (TPSA) is 34.5 Å². The monoisotopic (exact) mass is 742 g/mol. The summed E-state index contributed by atoms with van der Waals surface area (Å²) in [5.74, 6) is 0. The Morgan fingerprint density at radius 3 is 1.79 bits per heavy atom. The highest BCUT2D eigenvalue weighted by Crippen LogP contribution is 2.45. The third kappa shape index (κ3) is 5.02. The van der Waals surface area contributed by atoms with E-state index in [4.69, 9.17) is 8.83 Å². The zero-order valence-electron chi connectivity index (χ0n) is 31.3. The Balaban J connectivity index is 1.07. The molecular formula is C54H34N2O2. The van der Waals surface area contributed by atoms with Gasteiger partial charge in [0.15, 0.2) is 0 Å². The molecule has 0 aliphatic rings. The first-order valence-corrected chi connectivity index (χ1v) is 19.7. The van der Waals surface area contributed by atoms with E-state index in [1.54, 1.807) is 0 Å². The second-order valence-electron chi connectivity index (χ2n) is 14.9. The molecule has 9 aromatic carbocycles. The molecule has 4 nitrogen and oxygen atoms in total. The number of anilines is 3. The van der Waals surface area contributed by atoms with E-state index in [1.165, 1.54) is 21.9 Å². The molecule has 0 amide bonds. The van der Waals surface area contributed by atoms with Gasteiger partial charge in [-0.1, -0.05) is 133 Å². The van der Waals surface area contributed by atoms with Crippen LogP contribution in [0.1, 0.15) is 0 Å². The molecule has 0 fully saturated rings. The number of fused-ring (bicyclic) bond motifs is 9. The summed E-state index contributed by atoms with van der Waals surface area (Å²) in [7, 11) is 0. The molecule has 0 spiro atoms. The second kappa shape index (κ2) is 12.9. The smallest absolute Gasteiger partial charge is 0.143 e. The number of hydrogen-bond acceptors (Lipinski definition) is 3. The summed E-state index contributed by atoms with van der Waals surface area (Å²) in [6.45, 7) is 0. The number of hydrogen-bond donors (Lipinski definition) is 0. The average Bonchev–Trinajstić information content (AvgIpc) is 3.97. The van der Waals surface area contributed by atoms with Crippen molar-refractivity contribution < 1.29 is 8.83 Å². The lowest BCUT2D eigenvalue weighted by molar-refractivity contribution is 0.669. The molecule has 0 aliphatic heterocycles. The molecule has 4 heteroatoms. The lowest BCUT2D eigenvalue weighted by atomic mass is 10.00. The Bertz CT molecular complexity index is 3500. The van der Waals surface area contributed by atoms with Crippen molar-refractivity contribution in [3.8, 4) is 27.9 Å². The van der Waals surface area contributed by atoms with Gasteiger partial charge in [-0.2, -0.15) is 0 Å². The summed E-state index contributed by atoms with van der Waals surface area (Å²) in [6, 6.07) is 73.2. The van der Waals surface area contributed by atoms with Crippen molar-refractivity contribution in [1.82, 2.24) is 4.57 Å². The van der Waals surface area contributed by atoms with E-state index in [0.717, 1.165) is 88.8 Å². The first kappa shape index (κ1) is 32.4. The van der Waals surface area contributed by atoms with Gasteiger partial charge in [0.2, 0.25) is 0 Å². The number of aromatic nitrogens is 1. The molecule has 272 valence electrons.